The third-order valence-corrected chi connectivity index (χ3v) is 2.91. The van der Waals surface area contributed by atoms with Crippen LogP contribution in [0.5, 0.6) is 5.75 Å². The summed E-state index contributed by atoms with van der Waals surface area (Å²) in [7, 11) is 3.70. The molecule has 1 rings (SSSR count). The second-order valence-electron chi connectivity index (χ2n) is 4.57. The molecule has 0 aliphatic rings. The van der Waals surface area contributed by atoms with Crippen molar-refractivity contribution in [3.63, 3.8) is 0 Å². The number of carbonyl (C=O) groups excluding carboxylic acids is 2. The standard InChI is InChI=1S/C14H18ClNO4/c1-4-12(17)10-7-9(15)8-11(13(10)18)14(19)20-6-5-16(2)3/h7-8,18H,4-6H2,1-3H3. The number of rotatable bonds is 6. The van der Waals surface area contributed by atoms with Gasteiger partial charge in [0, 0.05) is 18.0 Å². The summed E-state index contributed by atoms with van der Waals surface area (Å²) in [6.45, 7) is 2.42. The van der Waals surface area contributed by atoms with E-state index in [0.29, 0.717) is 6.54 Å². The van der Waals surface area contributed by atoms with Gasteiger partial charge in [-0.3, -0.25) is 4.79 Å². The van der Waals surface area contributed by atoms with E-state index in [2.05, 4.69) is 0 Å². The highest BCUT2D eigenvalue weighted by atomic mass is 35.5. The van der Waals surface area contributed by atoms with Gasteiger partial charge in [-0.2, -0.15) is 0 Å². The smallest absolute Gasteiger partial charge is 0.342 e. The van der Waals surface area contributed by atoms with E-state index >= 15 is 0 Å². The predicted octanol–water partition coefficient (Wildman–Crippen LogP) is 2.36. The van der Waals surface area contributed by atoms with Crippen molar-refractivity contribution in [3.05, 3.63) is 28.3 Å². The average Bonchev–Trinajstić information content (AvgIpc) is 2.39. The molecule has 0 saturated heterocycles. The van der Waals surface area contributed by atoms with Crippen LogP contribution in [0.4, 0.5) is 0 Å². The van der Waals surface area contributed by atoms with Crippen LogP contribution < -0.4 is 0 Å². The fourth-order valence-electron chi connectivity index (χ4n) is 1.56. The first-order valence-corrected chi connectivity index (χ1v) is 6.62. The van der Waals surface area contributed by atoms with Crippen LogP contribution in [0.25, 0.3) is 0 Å². The first-order valence-electron chi connectivity index (χ1n) is 6.24. The summed E-state index contributed by atoms with van der Waals surface area (Å²) < 4.78 is 5.03. The lowest BCUT2D eigenvalue weighted by atomic mass is 10.0. The van der Waals surface area contributed by atoms with Crippen molar-refractivity contribution in [2.45, 2.75) is 13.3 Å². The van der Waals surface area contributed by atoms with E-state index in [-0.39, 0.29) is 40.7 Å². The Hall–Kier alpha value is -1.59. The van der Waals surface area contributed by atoms with E-state index in [1.807, 2.05) is 19.0 Å². The molecule has 0 heterocycles. The number of Topliss-reactive ketones (excluding diaryl/α,β-unsaturated/α-hetero) is 1. The molecule has 0 aromatic heterocycles. The molecule has 0 spiro atoms. The van der Waals surface area contributed by atoms with Crippen LogP contribution in [0.1, 0.15) is 34.1 Å². The molecule has 1 N–H and O–H groups in total. The number of ketones is 1. The molecule has 0 aliphatic carbocycles. The molecule has 0 atom stereocenters. The molecule has 0 unspecified atom stereocenters. The van der Waals surface area contributed by atoms with Gasteiger partial charge >= 0.3 is 5.97 Å². The number of phenols is 1. The Bertz CT molecular complexity index is 514. The lowest BCUT2D eigenvalue weighted by Gasteiger charge is -2.12. The van der Waals surface area contributed by atoms with Crippen molar-refractivity contribution in [2.24, 2.45) is 0 Å². The summed E-state index contributed by atoms with van der Waals surface area (Å²) in [5.41, 5.74) is -0.0485. The largest absolute Gasteiger partial charge is 0.506 e. The third kappa shape index (κ3) is 4.21. The molecule has 6 heteroatoms. The second-order valence-corrected chi connectivity index (χ2v) is 5.00. The minimum Gasteiger partial charge on any atom is -0.506 e. The summed E-state index contributed by atoms with van der Waals surface area (Å²) in [4.78, 5) is 25.4. The molecule has 0 saturated carbocycles. The number of hydrogen-bond acceptors (Lipinski definition) is 5. The molecule has 0 fully saturated rings. The first-order chi connectivity index (χ1) is 9.36. The number of ether oxygens (including phenoxy) is 1. The van der Waals surface area contributed by atoms with Crippen LogP contribution in [-0.4, -0.2) is 49.0 Å². The number of likely N-dealkylation sites (N-methyl/N-ethyl adjacent to an activating group) is 1. The van der Waals surface area contributed by atoms with Crippen molar-refractivity contribution in [3.8, 4) is 5.75 Å². The van der Waals surface area contributed by atoms with Crippen LogP contribution >= 0.6 is 11.6 Å². The monoisotopic (exact) mass is 299 g/mol. The predicted molar refractivity (Wildman–Crippen MR) is 76.6 cm³/mol. The zero-order valence-electron chi connectivity index (χ0n) is 11.8. The molecule has 0 amide bonds. The Kier molecular flexibility index (Phi) is 5.98. The van der Waals surface area contributed by atoms with Gasteiger partial charge in [0.05, 0.1) is 5.56 Å². The Morgan fingerprint density at radius 2 is 1.90 bits per heavy atom. The lowest BCUT2D eigenvalue weighted by Crippen LogP contribution is -2.20. The highest BCUT2D eigenvalue weighted by Gasteiger charge is 2.20. The van der Waals surface area contributed by atoms with E-state index in [4.69, 9.17) is 16.3 Å². The summed E-state index contributed by atoms with van der Waals surface area (Å²) in [5.74, 6) is -1.36. The number of carbonyl (C=O) groups is 2. The van der Waals surface area contributed by atoms with Crippen molar-refractivity contribution >= 4 is 23.4 Å². The molecular formula is C14H18ClNO4. The molecule has 1 aromatic carbocycles. The zero-order chi connectivity index (χ0) is 15.3. The molecule has 5 nitrogen and oxygen atoms in total. The zero-order valence-corrected chi connectivity index (χ0v) is 12.5. The topological polar surface area (TPSA) is 66.8 Å². The van der Waals surface area contributed by atoms with Gasteiger partial charge in [-0.25, -0.2) is 4.79 Å². The number of esters is 1. The van der Waals surface area contributed by atoms with E-state index in [1.165, 1.54) is 12.1 Å². The van der Waals surface area contributed by atoms with Gasteiger partial charge in [-0.05, 0) is 26.2 Å². The number of halogens is 1. The second kappa shape index (κ2) is 7.26. The summed E-state index contributed by atoms with van der Waals surface area (Å²) in [5, 5.41) is 10.2. The Morgan fingerprint density at radius 3 is 2.45 bits per heavy atom. The maximum atomic E-state index is 11.9. The van der Waals surface area contributed by atoms with Gasteiger partial charge in [-0.1, -0.05) is 18.5 Å². The highest BCUT2D eigenvalue weighted by Crippen LogP contribution is 2.28. The van der Waals surface area contributed by atoms with Gasteiger partial charge in [0.1, 0.15) is 17.9 Å². The van der Waals surface area contributed by atoms with Crippen LogP contribution in [-0.2, 0) is 4.74 Å². The molecule has 0 radical (unpaired) electrons. The Morgan fingerprint density at radius 1 is 1.30 bits per heavy atom. The first kappa shape index (κ1) is 16.5. The Balaban J connectivity index is 2.97. The average molecular weight is 300 g/mol. The highest BCUT2D eigenvalue weighted by molar-refractivity contribution is 6.31. The van der Waals surface area contributed by atoms with Crippen molar-refractivity contribution in [2.75, 3.05) is 27.2 Å². The van der Waals surface area contributed by atoms with Gasteiger partial charge in [0.2, 0.25) is 0 Å². The summed E-state index contributed by atoms with van der Waals surface area (Å²) in [6, 6.07) is 2.64. The maximum Gasteiger partial charge on any atom is 0.342 e. The number of phenolic OH excluding ortho intramolecular Hbond substituents is 1. The Labute approximate surface area is 123 Å². The molecule has 0 aliphatic heterocycles. The molecule has 110 valence electrons. The van der Waals surface area contributed by atoms with Crippen molar-refractivity contribution in [1.29, 1.82) is 0 Å². The number of nitrogens with zero attached hydrogens (tertiary/aromatic N) is 1. The fraction of sp³-hybridized carbons (Fsp3) is 0.429. The minimum atomic E-state index is -0.697. The summed E-state index contributed by atoms with van der Waals surface area (Å²) >= 11 is 5.87. The van der Waals surface area contributed by atoms with Crippen LogP contribution in [0.2, 0.25) is 5.02 Å². The van der Waals surface area contributed by atoms with Gasteiger partial charge < -0.3 is 14.7 Å². The SMILES string of the molecule is CCC(=O)c1cc(Cl)cc(C(=O)OCCN(C)C)c1O. The summed E-state index contributed by atoms with van der Waals surface area (Å²) in [6.07, 6.45) is 0.211. The van der Waals surface area contributed by atoms with Crippen LogP contribution in [0, 0.1) is 0 Å². The lowest BCUT2D eigenvalue weighted by molar-refractivity contribution is 0.0478. The molecular weight excluding hydrogens is 282 g/mol. The molecule has 0 bridgehead atoms. The van der Waals surface area contributed by atoms with E-state index < -0.39 is 5.97 Å². The fourth-order valence-corrected chi connectivity index (χ4v) is 1.77. The van der Waals surface area contributed by atoms with Gasteiger partial charge in [0.15, 0.2) is 5.78 Å². The van der Waals surface area contributed by atoms with Crippen LogP contribution in [0.3, 0.4) is 0 Å². The van der Waals surface area contributed by atoms with Gasteiger partial charge in [-0.15, -0.1) is 0 Å². The van der Waals surface area contributed by atoms with E-state index in [1.54, 1.807) is 6.92 Å². The third-order valence-electron chi connectivity index (χ3n) is 2.69. The number of hydrogen-bond donors (Lipinski definition) is 1. The molecule has 20 heavy (non-hydrogen) atoms. The normalized spacial score (nSPS) is 10.7. The quantitative estimate of drug-likeness (QED) is 0.645. The van der Waals surface area contributed by atoms with Crippen molar-refractivity contribution < 1.29 is 19.4 Å². The van der Waals surface area contributed by atoms with E-state index in [0.717, 1.165) is 0 Å². The maximum absolute atomic E-state index is 11.9. The minimum absolute atomic E-state index is 0.0413. The molecule has 1 aromatic rings. The van der Waals surface area contributed by atoms with E-state index in [9.17, 15) is 14.7 Å². The van der Waals surface area contributed by atoms with Gasteiger partial charge in [0.25, 0.3) is 0 Å². The number of benzene rings is 1. The number of aromatic hydroxyl groups is 1. The van der Waals surface area contributed by atoms with Crippen molar-refractivity contribution in [1.82, 2.24) is 4.90 Å². The van der Waals surface area contributed by atoms with Crippen LogP contribution in [0.15, 0.2) is 12.1 Å².